The SMILES string of the molecule is CCOCc1noc([C@@H](C)N)n1. The van der Waals surface area contributed by atoms with Gasteiger partial charge in [-0.15, -0.1) is 0 Å². The second-order valence-corrected chi connectivity index (χ2v) is 2.47. The fourth-order valence-corrected chi connectivity index (χ4v) is 0.704. The van der Waals surface area contributed by atoms with E-state index in [1.54, 1.807) is 6.92 Å². The van der Waals surface area contributed by atoms with Crippen LogP contribution in [0.15, 0.2) is 4.52 Å². The summed E-state index contributed by atoms with van der Waals surface area (Å²) < 4.78 is 9.94. The smallest absolute Gasteiger partial charge is 0.243 e. The predicted octanol–water partition coefficient (Wildman–Crippen LogP) is 0.626. The highest BCUT2D eigenvalue weighted by Crippen LogP contribution is 2.06. The molecule has 0 bridgehead atoms. The van der Waals surface area contributed by atoms with Crippen LogP contribution in [-0.4, -0.2) is 16.7 Å². The maximum absolute atomic E-state index is 5.52. The average molecular weight is 171 g/mol. The molecule has 0 spiro atoms. The van der Waals surface area contributed by atoms with Crippen molar-refractivity contribution in [1.82, 2.24) is 10.1 Å². The molecule has 1 atom stereocenters. The van der Waals surface area contributed by atoms with Crippen molar-refractivity contribution in [3.05, 3.63) is 11.7 Å². The van der Waals surface area contributed by atoms with Crippen molar-refractivity contribution < 1.29 is 9.26 Å². The summed E-state index contributed by atoms with van der Waals surface area (Å²) in [5.74, 6) is 0.994. The van der Waals surface area contributed by atoms with E-state index in [4.69, 9.17) is 15.0 Å². The molecule has 0 unspecified atom stereocenters. The van der Waals surface area contributed by atoms with Gasteiger partial charge < -0.3 is 15.0 Å². The Kier molecular flexibility index (Phi) is 3.19. The Balaban J connectivity index is 2.52. The van der Waals surface area contributed by atoms with Crippen LogP contribution >= 0.6 is 0 Å². The summed E-state index contributed by atoms with van der Waals surface area (Å²) in [6.45, 7) is 4.72. The van der Waals surface area contributed by atoms with Crippen molar-refractivity contribution in [2.45, 2.75) is 26.5 Å². The molecule has 5 nitrogen and oxygen atoms in total. The van der Waals surface area contributed by atoms with Crippen molar-refractivity contribution in [3.63, 3.8) is 0 Å². The Morgan fingerprint density at radius 2 is 2.42 bits per heavy atom. The molecule has 2 N–H and O–H groups in total. The average Bonchev–Trinajstić information content (AvgIpc) is 2.48. The molecule has 0 aliphatic heterocycles. The van der Waals surface area contributed by atoms with Gasteiger partial charge in [-0.25, -0.2) is 0 Å². The molecule has 0 fully saturated rings. The van der Waals surface area contributed by atoms with Crippen LogP contribution in [0.3, 0.4) is 0 Å². The largest absolute Gasteiger partial charge is 0.374 e. The lowest BCUT2D eigenvalue weighted by Gasteiger charge is -1.94. The van der Waals surface area contributed by atoms with Gasteiger partial charge in [0.2, 0.25) is 5.89 Å². The summed E-state index contributed by atoms with van der Waals surface area (Å²) in [6, 6.07) is -0.215. The molecule has 1 aromatic rings. The van der Waals surface area contributed by atoms with Gasteiger partial charge in [0.1, 0.15) is 6.61 Å². The van der Waals surface area contributed by atoms with Crippen LogP contribution in [0.2, 0.25) is 0 Å². The lowest BCUT2D eigenvalue weighted by Crippen LogP contribution is -2.05. The topological polar surface area (TPSA) is 74.2 Å². The van der Waals surface area contributed by atoms with E-state index >= 15 is 0 Å². The molecule has 1 heterocycles. The maximum atomic E-state index is 5.52. The Morgan fingerprint density at radius 3 is 2.92 bits per heavy atom. The van der Waals surface area contributed by atoms with E-state index in [2.05, 4.69) is 10.1 Å². The summed E-state index contributed by atoms with van der Waals surface area (Å²) >= 11 is 0. The fourth-order valence-electron chi connectivity index (χ4n) is 0.704. The first-order chi connectivity index (χ1) is 5.74. The van der Waals surface area contributed by atoms with E-state index in [-0.39, 0.29) is 6.04 Å². The molecular formula is C7H13N3O2. The van der Waals surface area contributed by atoms with Crippen molar-refractivity contribution in [2.75, 3.05) is 6.61 Å². The first-order valence-electron chi connectivity index (χ1n) is 3.89. The van der Waals surface area contributed by atoms with Gasteiger partial charge in [0.25, 0.3) is 0 Å². The van der Waals surface area contributed by atoms with Gasteiger partial charge in [-0.1, -0.05) is 5.16 Å². The van der Waals surface area contributed by atoms with Gasteiger partial charge in [-0.05, 0) is 13.8 Å². The molecule has 0 aliphatic carbocycles. The number of ether oxygens (including phenoxy) is 1. The minimum absolute atomic E-state index is 0.215. The van der Waals surface area contributed by atoms with Gasteiger partial charge in [0.05, 0.1) is 6.04 Å². The molecule has 0 radical (unpaired) electrons. The molecule has 0 aromatic carbocycles. The second-order valence-electron chi connectivity index (χ2n) is 2.47. The zero-order valence-corrected chi connectivity index (χ0v) is 7.28. The second kappa shape index (κ2) is 4.18. The van der Waals surface area contributed by atoms with Crippen LogP contribution < -0.4 is 5.73 Å². The van der Waals surface area contributed by atoms with Gasteiger partial charge >= 0.3 is 0 Å². The van der Waals surface area contributed by atoms with Crippen LogP contribution in [-0.2, 0) is 11.3 Å². The molecule has 68 valence electrons. The quantitative estimate of drug-likeness (QED) is 0.719. The number of hydrogen-bond acceptors (Lipinski definition) is 5. The number of hydrogen-bond donors (Lipinski definition) is 1. The van der Waals surface area contributed by atoms with E-state index in [0.29, 0.717) is 24.9 Å². The maximum Gasteiger partial charge on any atom is 0.243 e. The Morgan fingerprint density at radius 1 is 1.67 bits per heavy atom. The predicted molar refractivity (Wildman–Crippen MR) is 42.2 cm³/mol. The van der Waals surface area contributed by atoms with Crippen molar-refractivity contribution in [1.29, 1.82) is 0 Å². The zero-order valence-electron chi connectivity index (χ0n) is 7.28. The summed E-state index contributed by atoms with van der Waals surface area (Å²) in [5.41, 5.74) is 5.52. The summed E-state index contributed by atoms with van der Waals surface area (Å²) in [5, 5.41) is 3.68. The minimum atomic E-state index is -0.215. The molecule has 0 aliphatic rings. The fraction of sp³-hybridized carbons (Fsp3) is 0.714. The summed E-state index contributed by atoms with van der Waals surface area (Å²) in [6.07, 6.45) is 0. The first-order valence-corrected chi connectivity index (χ1v) is 3.89. The first kappa shape index (κ1) is 9.15. The number of nitrogens with zero attached hydrogens (tertiary/aromatic N) is 2. The monoisotopic (exact) mass is 171 g/mol. The van der Waals surface area contributed by atoms with Crippen LogP contribution in [0.25, 0.3) is 0 Å². The third-order valence-electron chi connectivity index (χ3n) is 1.31. The standard InChI is InChI=1S/C7H13N3O2/c1-3-11-4-6-9-7(5(2)8)12-10-6/h5H,3-4,8H2,1-2H3/t5-/m1/s1. The van der Waals surface area contributed by atoms with Crippen molar-refractivity contribution in [2.24, 2.45) is 5.73 Å². The lowest BCUT2D eigenvalue weighted by molar-refractivity contribution is 0.126. The summed E-state index contributed by atoms with van der Waals surface area (Å²) in [7, 11) is 0. The minimum Gasteiger partial charge on any atom is -0.374 e. The van der Waals surface area contributed by atoms with Crippen LogP contribution in [0.5, 0.6) is 0 Å². The highest BCUT2D eigenvalue weighted by atomic mass is 16.5. The molecule has 1 aromatic heterocycles. The van der Waals surface area contributed by atoms with E-state index < -0.39 is 0 Å². The highest BCUT2D eigenvalue weighted by molar-refractivity contribution is 4.88. The van der Waals surface area contributed by atoms with Gasteiger partial charge in [-0.3, -0.25) is 0 Å². The normalized spacial score (nSPS) is 13.2. The van der Waals surface area contributed by atoms with Crippen molar-refractivity contribution >= 4 is 0 Å². The summed E-state index contributed by atoms with van der Waals surface area (Å²) in [4.78, 5) is 4.02. The third-order valence-corrected chi connectivity index (χ3v) is 1.31. The molecule has 0 saturated carbocycles. The van der Waals surface area contributed by atoms with Crippen LogP contribution in [0.4, 0.5) is 0 Å². The molecule has 1 rings (SSSR count). The van der Waals surface area contributed by atoms with E-state index in [1.807, 2.05) is 6.92 Å². The van der Waals surface area contributed by atoms with Gasteiger partial charge in [-0.2, -0.15) is 4.98 Å². The molecule has 12 heavy (non-hydrogen) atoms. The number of nitrogens with two attached hydrogens (primary N) is 1. The lowest BCUT2D eigenvalue weighted by atomic mass is 10.4. The highest BCUT2D eigenvalue weighted by Gasteiger charge is 2.09. The van der Waals surface area contributed by atoms with E-state index in [1.165, 1.54) is 0 Å². The number of rotatable bonds is 4. The molecule has 0 amide bonds. The van der Waals surface area contributed by atoms with E-state index in [0.717, 1.165) is 0 Å². The van der Waals surface area contributed by atoms with Gasteiger partial charge in [0.15, 0.2) is 5.82 Å². The Hall–Kier alpha value is -0.940. The molecule has 5 heteroatoms. The molecule has 0 saturated heterocycles. The Labute approximate surface area is 70.9 Å². The zero-order chi connectivity index (χ0) is 8.97. The Bertz CT molecular complexity index is 234. The van der Waals surface area contributed by atoms with Crippen LogP contribution in [0, 0.1) is 0 Å². The molecular weight excluding hydrogens is 158 g/mol. The van der Waals surface area contributed by atoms with E-state index in [9.17, 15) is 0 Å². The van der Waals surface area contributed by atoms with Crippen molar-refractivity contribution in [3.8, 4) is 0 Å². The van der Waals surface area contributed by atoms with Crippen LogP contribution in [0.1, 0.15) is 31.6 Å². The third kappa shape index (κ3) is 2.28. The van der Waals surface area contributed by atoms with Gasteiger partial charge in [0, 0.05) is 6.61 Å². The number of aromatic nitrogens is 2.